The third-order valence-corrected chi connectivity index (χ3v) is 3.37. The summed E-state index contributed by atoms with van der Waals surface area (Å²) in [5.41, 5.74) is 0. The van der Waals surface area contributed by atoms with Gasteiger partial charge in [-0.15, -0.1) is 0 Å². The van der Waals surface area contributed by atoms with Gasteiger partial charge in [0.15, 0.2) is 3.79 Å². The van der Waals surface area contributed by atoms with Gasteiger partial charge in [0.25, 0.3) is 0 Å². The number of urea groups is 1. The zero-order valence-electron chi connectivity index (χ0n) is 9.28. The maximum Gasteiger partial charge on any atom is 0.328 e. The zero-order chi connectivity index (χ0) is 12.9. The van der Waals surface area contributed by atoms with Crippen molar-refractivity contribution in [3.63, 3.8) is 0 Å². The molecule has 0 aromatic rings. The molecule has 2 atom stereocenters. The summed E-state index contributed by atoms with van der Waals surface area (Å²) in [6.07, 6.45) is 1.37. The summed E-state index contributed by atoms with van der Waals surface area (Å²) in [6.45, 7) is 3.46. The highest BCUT2D eigenvalue weighted by atomic mass is 127. The lowest BCUT2D eigenvalue weighted by molar-refractivity contribution is -0.112. The Morgan fingerprint density at radius 2 is 1.81 bits per heavy atom. The smallest absolute Gasteiger partial charge is 0.328 e. The second-order valence-corrected chi connectivity index (χ2v) is 6.50. The third-order valence-electron chi connectivity index (χ3n) is 1.75. The van der Waals surface area contributed by atoms with Gasteiger partial charge in [-0.25, -0.2) is 17.9 Å². The fourth-order valence-electron chi connectivity index (χ4n) is 1.10. The van der Waals surface area contributed by atoms with Gasteiger partial charge in [0, 0.05) is 12.0 Å². The first kappa shape index (κ1) is 15.6. The molecule has 6 nitrogen and oxygen atoms in total. The highest BCUT2D eigenvalue weighted by Gasteiger charge is 2.16. The molecule has 0 bridgehead atoms. The standard InChI is InChI=1S/C8H15IN2O4S/c1-5(7(9)12)4-6(2)10-8(13)11-16(3,14)15/h5-6H,4H2,1-3H3,(H2,10,11,13). The minimum absolute atomic E-state index is 0.00905. The van der Waals surface area contributed by atoms with Crippen molar-refractivity contribution in [1.29, 1.82) is 0 Å². The predicted molar refractivity (Wildman–Crippen MR) is 68.8 cm³/mol. The Morgan fingerprint density at radius 1 is 1.31 bits per heavy atom. The number of rotatable bonds is 5. The van der Waals surface area contributed by atoms with Crippen LogP contribution >= 0.6 is 22.6 Å². The molecule has 2 N–H and O–H groups in total. The number of hydrogen-bond donors (Lipinski definition) is 2. The van der Waals surface area contributed by atoms with Crippen LogP contribution in [0, 0.1) is 5.92 Å². The van der Waals surface area contributed by atoms with Gasteiger partial charge in [-0.3, -0.25) is 4.79 Å². The van der Waals surface area contributed by atoms with Crippen LogP contribution in [0.5, 0.6) is 0 Å². The summed E-state index contributed by atoms with van der Waals surface area (Å²) in [5, 5.41) is 2.44. The minimum atomic E-state index is -3.54. The summed E-state index contributed by atoms with van der Waals surface area (Å²) < 4.78 is 23.2. The van der Waals surface area contributed by atoms with E-state index in [-0.39, 0.29) is 15.7 Å². The summed E-state index contributed by atoms with van der Waals surface area (Å²) in [4.78, 5) is 22.1. The average molecular weight is 362 g/mol. The molecule has 0 saturated heterocycles. The first-order valence-corrected chi connectivity index (χ1v) is 7.56. The first-order valence-electron chi connectivity index (χ1n) is 4.59. The van der Waals surface area contributed by atoms with Crippen LogP contribution in [0.25, 0.3) is 0 Å². The molecule has 2 amide bonds. The third kappa shape index (κ3) is 7.85. The Hall–Kier alpha value is -0.380. The van der Waals surface area contributed by atoms with E-state index in [0.29, 0.717) is 6.42 Å². The van der Waals surface area contributed by atoms with E-state index in [1.807, 2.05) is 0 Å². The lowest BCUT2D eigenvalue weighted by Crippen LogP contribution is -2.43. The van der Waals surface area contributed by atoms with Gasteiger partial charge >= 0.3 is 6.03 Å². The number of sulfonamides is 1. The summed E-state index contributed by atoms with van der Waals surface area (Å²) in [5.74, 6) is -0.172. The van der Waals surface area contributed by atoms with Crippen LogP contribution < -0.4 is 10.0 Å². The molecule has 16 heavy (non-hydrogen) atoms. The molecule has 2 unspecified atom stereocenters. The minimum Gasteiger partial charge on any atom is -0.335 e. The molecule has 0 radical (unpaired) electrons. The van der Waals surface area contributed by atoms with E-state index in [1.165, 1.54) is 0 Å². The Balaban J connectivity index is 4.11. The molecule has 94 valence electrons. The number of hydrogen-bond acceptors (Lipinski definition) is 4. The van der Waals surface area contributed by atoms with Crippen LogP contribution in [0.3, 0.4) is 0 Å². The van der Waals surface area contributed by atoms with Crippen molar-refractivity contribution in [2.75, 3.05) is 6.26 Å². The van der Waals surface area contributed by atoms with Gasteiger partial charge in [-0.1, -0.05) is 6.92 Å². The topological polar surface area (TPSA) is 92.3 Å². The Bertz CT molecular complexity index is 368. The molecule has 8 heteroatoms. The molecule has 0 fully saturated rings. The van der Waals surface area contributed by atoms with Gasteiger partial charge in [0.2, 0.25) is 10.0 Å². The van der Waals surface area contributed by atoms with Crippen LogP contribution in [0.4, 0.5) is 4.79 Å². The molecule has 0 saturated carbocycles. The van der Waals surface area contributed by atoms with E-state index in [4.69, 9.17) is 0 Å². The van der Waals surface area contributed by atoms with Crippen molar-refractivity contribution in [3.8, 4) is 0 Å². The second-order valence-electron chi connectivity index (χ2n) is 3.69. The van der Waals surface area contributed by atoms with Crippen LogP contribution in [0.15, 0.2) is 0 Å². The van der Waals surface area contributed by atoms with E-state index in [0.717, 1.165) is 6.26 Å². The van der Waals surface area contributed by atoms with Gasteiger partial charge in [-0.2, -0.15) is 0 Å². The largest absolute Gasteiger partial charge is 0.335 e. The molecule has 0 aromatic heterocycles. The number of carbonyl (C=O) groups is 2. The second kappa shape index (κ2) is 6.38. The Labute approximate surface area is 109 Å². The van der Waals surface area contributed by atoms with Gasteiger partial charge in [-0.05, 0) is 35.9 Å². The van der Waals surface area contributed by atoms with Crippen molar-refractivity contribution in [3.05, 3.63) is 0 Å². The number of nitrogens with one attached hydrogen (secondary N) is 2. The summed E-state index contributed by atoms with van der Waals surface area (Å²) in [6, 6.07) is -1.04. The summed E-state index contributed by atoms with van der Waals surface area (Å²) in [7, 11) is -3.54. The maximum atomic E-state index is 11.1. The van der Waals surface area contributed by atoms with Crippen LogP contribution in [0.2, 0.25) is 0 Å². The zero-order valence-corrected chi connectivity index (χ0v) is 12.3. The molecular formula is C8H15IN2O4S. The number of amides is 2. The van der Waals surface area contributed by atoms with Crippen molar-refractivity contribution in [2.45, 2.75) is 26.3 Å². The van der Waals surface area contributed by atoms with Crippen LogP contribution in [-0.2, 0) is 14.8 Å². The first-order chi connectivity index (χ1) is 7.11. The molecule has 0 aromatic carbocycles. The maximum absolute atomic E-state index is 11.1. The molecule has 0 rings (SSSR count). The fraction of sp³-hybridized carbons (Fsp3) is 0.750. The van der Waals surface area contributed by atoms with Crippen LogP contribution in [0.1, 0.15) is 20.3 Å². The van der Waals surface area contributed by atoms with Gasteiger partial charge < -0.3 is 5.32 Å². The van der Waals surface area contributed by atoms with Crippen LogP contribution in [-0.4, -0.2) is 30.5 Å². The van der Waals surface area contributed by atoms with E-state index in [9.17, 15) is 18.0 Å². The molecule has 0 aliphatic carbocycles. The quantitative estimate of drug-likeness (QED) is 0.554. The number of halogens is 1. The summed E-state index contributed by atoms with van der Waals surface area (Å²) >= 11 is 1.69. The monoisotopic (exact) mass is 362 g/mol. The molecule has 0 heterocycles. The number of carbonyl (C=O) groups excluding carboxylic acids is 2. The van der Waals surface area contributed by atoms with Gasteiger partial charge in [0.1, 0.15) is 0 Å². The normalized spacial score (nSPS) is 15.0. The van der Waals surface area contributed by atoms with E-state index >= 15 is 0 Å². The predicted octanol–water partition coefficient (Wildman–Crippen LogP) is 0.622. The van der Waals surface area contributed by atoms with Crippen molar-refractivity contribution < 1.29 is 18.0 Å². The van der Waals surface area contributed by atoms with Crippen molar-refractivity contribution >= 4 is 42.4 Å². The Morgan fingerprint density at radius 3 is 2.19 bits per heavy atom. The highest BCUT2D eigenvalue weighted by molar-refractivity contribution is 14.1. The molecule has 0 aliphatic rings. The SMILES string of the molecule is CC(CC(C)C(=O)I)NC(=O)NS(C)(=O)=O. The van der Waals surface area contributed by atoms with E-state index in [1.54, 1.807) is 41.2 Å². The van der Waals surface area contributed by atoms with E-state index in [2.05, 4.69) is 5.32 Å². The average Bonchev–Trinajstić information content (AvgIpc) is 1.98. The molecule has 0 spiro atoms. The Kier molecular flexibility index (Phi) is 6.23. The lowest BCUT2D eigenvalue weighted by atomic mass is 10.1. The molecule has 0 aliphatic heterocycles. The van der Waals surface area contributed by atoms with Crippen molar-refractivity contribution in [1.82, 2.24) is 10.0 Å². The lowest BCUT2D eigenvalue weighted by Gasteiger charge is -2.16. The fourth-order valence-corrected chi connectivity index (χ4v) is 1.75. The highest BCUT2D eigenvalue weighted by Crippen LogP contribution is 2.10. The van der Waals surface area contributed by atoms with Crippen molar-refractivity contribution in [2.24, 2.45) is 5.92 Å². The molecular weight excluding hydrogens is 347 g/mol. The van der Waals surface area contributed by atoms with Gasteiger partial charge in [0.05, 0.1) is 6.26 Å². The van der Waals surface area contributed by atoms with E-state index < -0.39 is 16.1 Å².